The van der Waals surface area contributed by atoms with Crippen LogP contribution >= 0.6 is 0 Å². The normalized spacial score (nSPS) is 10.9. The molecule has 2 aromatic rings. The fourth-order valence-corrected chi connectivity index (χ4v) is 2.15. The highest BCUT2D eigenvalue weighted by molar-refractivity contribution is 5.30. The summed E-state index contributed by atoms with van der Waals surface area (Å²) < 4.78 is 9.08. The molecule has 0 saturated carbocycles. The molecule has 0 aromatic carbocycles. The van der Waals surface area contributed by atoms with E-state index in [1.807, 2.05) is 30.9 Å². The van der Waals surface area contributed by atoms with Crippen molar-refractivity contribution in [2.24, 2.45) is 7.05 Å². The molecule has 0 aliphatic carbocycles. The highest BCUT2D eigenvalue weighted by Gasteiger charge is 2.12. The Morgan fingerprint density at radius 3 is 2.95 bits per heavy atom. The molecule has 0 fully saturated rings. The first kappa shape index (κ1) is 13.6. The molecule has 0 aliphatic rings. The maximum absolute atomic E-state index is 5.36. The van der Waals surface area contributed by atoms with E-state index >= 15 is 0 Å². The second-order valence-corrected chi connectivity index (χ2v) is 4.50. The van der Waals surface area contributed by atoms with Gasteiger partial charge in [-0.05, 0) is 26.0 Å². The number of hydrogen-bond donors (Lipinski definition) is 1. The van der Waals surface area contributed by atoms with Crippen LogP contribution in [0.25, 0.3) is 0 Å². The van der Waals surface area contributed by atoms with Crippen LogP contribution in [0.15, 0.2) is 18.5 Å². The van der Waals surface area contributed by atoms with Crippen LogP contribution in [0.4, 0.5) is 0 Å². The van der Waals surface area contributed by atoms with Crippen molar-refractivity contribution in [2.75, 3.05) is 13.7 Å². The van der Waals surface area contributed by atoms with E-state index in [-0.39, 0.29) is 0 Å². The number of ether oxygens (including phenoxy) is 1. The van der Waals surface area contributed by atoms with Crippen LogP contribution in [0.5, 0.6) is 5.88 Å². The first-order valence-corrected chi connectivity index (χ1v) is 6.47. The highest BCUT2D eigenvalue weighted by atomic mass is 16.5. The molecule has 2 rings (SSSR count). The molecule has 0 radical (unpaired) electrons. The van der Waals surface area contributed by atoms with Gasteiger partial charge >= 0.3 is 0 Å². The van der Waals surface area contributed by atoms with Crippen molar-refractivity contribution in [3.05, 3.63) is 29.7 Å². The molecule has 0 aliphatic heterocycles. The topological polar surface area (TPSA) is 56.9 Å². The van der Waals surface area contributed by atoms with E-state index < -0.39 is 0 Å². The lowest BCUT2D eigenvalue weighted by Crippen LogP contribution is -2.17. The third-order valence-electron chi connectivity index (χ3n) is 3.08. The van der Waals surface area contributed by atoms with E-state index in [1.54, 1.807) is 18.0 Å². The summed E-state index contributed by atoms with van der Waals surface area (Å²) in [4.78, 5) is 0. The van der Waals surface area contributed by atoms with E-state index in [0.717, 1.165) is 43.2 Å². The van der Waals surface area contributed by atoms with Crippen LogP contribution in [0.1, 0.15) is 17.7 Å². The Morgan fingerprint density at radius 2 is 2.26 bits per heavy atom. The standard InChI is InChI=1S/C13H21N5O/c1-11-12(13(19-3)17(2)16-11)10-14-6-4-8-18-9-5-7-15-18/h5,7,9,14H,4,6,8,10H2,1-3H3. The van der Waals surface area contributed by atoms with Gasteiger partial charge in [0.1, 0.15) is 0 Å². The van der Waals surface area contributed by atoms with Crippen molar-refractivity contribution in [3.8, 4) is 5.88 Å². The summed E-state index contributed by atoms with van der Waals surface area (Å²) in [7, 11) is 3.57. The predicted molar refractivity (Wildman–Crippen MR) is 73.0 cm³/mol. The van der Waals surface area contributed by atoms with Crippen LogP contribution < -0.4 is 10.1 Å². The molecule has 2 aromatic heterocycles. The van der Waals surface area contributed by atoms with Gasteiger partial charge in [-0.3, -0.25) is 4.68 Å². The van der Waals surface area contributed by atoms with Gasteiger partial charge in [0.2, 0.25) is 5.88 Å². The average molecular weight is 263 g/mol. The molecule has 104 valence electrons. The van der Waals surface area contributed by atoms with Gasteiger partial charge in [-0.1, -0.05) is 0 Å². The van der Waals surface area contributed by atoms with Crippen molar-refractivity contribution in [1.29, 1.82) is 0 Å². The molecule has 0 saturated heterocycles. The lowest BCUT2D eigenvalue weighted by Gasteiger charge is -2.07. The average Bonchev–Trinajstić information content (AvgIpc) is 2.98. The summed E-state index contributed by atoms with van der Waals surface area (Å²) in [5, 5.41) is 11.9. The van der Waals surface area contributed by atoms with Crippen LogP contribution in [0.3, 0.4) is 0 Å². The van der Waals surface area contributed by atoms with Crippen LogP contribution in [-0.2, 0) is 20.1 Å². The highest BCUT2D eigenvalue weighted by Crippen LogP contribution is 2.20. The summed E-state index contributed by atoms with van der Waals surface area (Å²) >= 11 is 0. The first-order chi connectivity index (χ1) is 9.22. The van der Waals surface area contributed by atoms with E-state index in [9.17, 15) is 0 Å². The molecule has 0 spiro atoms. The third-order valence-corrected chi connectivity index (χ3v) is 3.08. The number of rotatable bonds is 7. The van der Waals surface area contributed by atoms with Gasteiger partial charge in [-0.2, -0.15) is 10.2 Å². The maximum atomic E-state index is 5.36. The second-order valence-electron chi connectivity index (χ2n) is 4.50. The zero-order valence-electron chi connectivity index (χ0n) is 11.8. The van der Waals surface area contributed by atoms with Gasteiger partial charge < -0.3 is 10.1 Å². The largest absolute Gasteiger partial charge is 0.481 e. The summed E-state index contributed by atoms with van der Waals surface area (Å²) in [6, 6.07) is 1.94. The molecule has 0 unspecified atom stereocenters. The third kappa shape index (κ3) is 3.35. The van der Waals surface area contributed by atoms with Gasteiger partial charge in [0.25, 0.3) is 0 Å². The Labute approximate surface area is 113 Å². The molecule has 0 atom stereocenters. The van der Waals surface area contributed by atoms with Gasteiger partial charge in [0.05, 0.1) is 18.4 Å². The maximum Gasteiger partial charge on any atom is 0.216 e. The van der Waals surface area contributed by atoms with Crippen molar-refractivity contribution in [1.82, 2.24) is 24.9 Å². The Balaban J connectivity index is 1.76. The quantitative estimate of drug-likeness (QED) is 0.760. The van der Waals surface area contributed by atoms with Crippen LogP contribution in [0, 0.1) is 6.92 Å². The minimum Gasteiger partial charge on any atom is -0.481 e. The SMILES string of the molecule is COc1c(CNCCCn2cccn2)c(C)nn1C. The molecular weight excluding hydrogens is 242 g/mol. The Hall–Kier alpha value is -1.82. The van der Waals surface area contributed by atoms with Gasteiger partial charge in [0.15, 0.2) is 0 Å². The van der Waals surface area contributed by atoms with Crippen molar-refractivity contribution >= 4 is 0 Å². The Bertz CT molecular complexity index is 503. The minimum atomic E-state index is 0.780. The molecule has 6 heteroatoms. The van der Waals surface area contributed by atoms with Crippen molar-refractivity contribution in [3.63, 3.8) is 0 Å². The zero-order chi connectivity index (χ0) is 13.7. The van der Waals surface area contributed by atoms with E-state index in [0.29, 0.717) is 0 Å². The second kappa shape index (κ2) is 6.38. The van der Waals surface area contributed by atoms with Crippen LogP contribution in [-0.4, -0.2) is 33.2 Å². The summed E-state index contributed by atoms with van der Waals surface area (Å²) in [5.74, 6) is 0.831. The summed E-state index contributed by atoms with van der Waals surface area (Å²) in [6.45, 7) is 4.66. The Kier molecular flexibility index (Phi) is 4.57. The van der Waals surface area contributed by atoms with Crippen LogP contribution in [0.2, 0.25) is 0 Å². The molecule has 0 amide bonds. The molecule has 19 heavy (non-hydrogen) atoms. The monoisotopic (exact) mass is 263 g/mol. The molecular formula is C13H21N5O. The number of nitrogens with zero attached hydrogens (tertiary/aromatic N) is 4. The van der Waals surface area contributed by atoms with E-state index in [1.165, 1.54) is 0 Å². The van der Waals surface area contributed by atoms with Gasteiger partial charge in [-0.15, -0.1) is 0 Å². The fourth-order valence-electron chi connectivity index (χ4n) is 2.15. The van der Waals surface area contributed by atoms with Crippen molar-refractivity contribution in [2.45, 2.75) is 26.4 Å². The van der Waals surface area contributed by atoms with Gasteiger partial charge in [-0.25, -0.2) is 4.68 Å². The summed E-state index contributed by atoms with van der Waals surface area (Å²) in [6.07, 6.45) is 4.83. The lowest BCUT2D eigenvalue weighted by molar-refractivity contribution is 0.367. The predicted octanol–water partition coefficient (Wildman–Crippen LogP) is 1.11. The fraction of sp³-hybridized carbons (Fsp3) is 0.538. The lowest BCUT2D eigenvalue weighted by atomic mass is 10.2. The molecule has 0 bridgehead atoms. The molecule has 1 N–H and O–H groups in total. The first-order valence-electron chi connectivity index (χ1n) is 6.47. The number of aromatic nitrogens is 4. The van der Waals surface area contributed by atoms with Crippen molar-refractivity contribution < 1.29 is 4.74 Å². The minimum absolute atomic E-state index is 0.780. The number of methoxy groups -OCH3 is 1. The number of aryl methyl sites for hydroxylation is 3. The number of nitrogens with one attached hydrogen (secondary N) is 1. The van der Waals surface area contributed by atoms with E-state index in [2.05, 4.69) is 15.5 Å². The van der Waals surface area contributed by atoms with Gasteiger partial charge in [0, 0.05) is 32.5 Å². The Morgan fingerprint density at radius 1 is 1.42 bits per heavy atom. The zero-order valence-corrected chi connectivity index (χ0v) is 11.8. The molecule has 2 heterocycles. The molecule has 6 nitrogen and oxygen atoms in total. The smallest absolute Gasteiger partial charge is 0.216 e. The van der Waals surface area contributed by atoms with E-state index in [4.69, 9.17) is 4.74 Å². The summed E-state index contributed by atoms with van der Waals surface area (Å²) in [5.41, 5.74) is 2.14. The number of hydrogen-bond acceptors (Lipinski definition) is 4.